The summed E-state index contributed by atoms with van der Waals surface area (Å²) in [4.78, 5) is 33.3. The maximum Gasteiger partial charge on any atom is 0.255 e. The predicted octanol–water partition coefficient (Wildman–Crippen LogP) is 5.00. The van der Waals surface area contributed by atoms with Crippen LogP contribution in [0, 0.1) is 19.3 Å². The summed E-state index contributed by atoms with van der Waals surface area (Å²) in [5, 5.41) is 6.32. The maximum atomic E-state index is 13.4. The average molecular weight is 422 g/mol. The molecule has 1 atom stereocenters. The van der Waals surface area contributed by atoms with E-state index in [1.807, 2.05) is 19.1 Å². The molecule has 2 N–H and O–H groups in total. The van der Waals surface area contributed by atoms with Crippen LogP contribution in [-0.2, 0) is 9.59 Å². The molecule has 4 rings (SSSR count). The van der Waals surface area contributed by atoms with Crippen LogP contribution in [0.25, 0.3) is 0 Å². The number of rotatable bonds is 3. The van der Waals surface area contributed by atoms with Gasteiger partial charge in [-0.25, -0.2) is 4.98 Å². The van der Waals surface area contributed by atoms with Crippen LogP contribution < -0.4 is 10.6 Å². The van der Waals surface area contributed by atoms with E-state index in [-0.39, 0.29) is 23.0 Å². The molecule has 3 heterocycles. The van der Waals surface area contributed by atoms with E-state index in [9.17, 15) is 9.59 Å². The van der Waals surface area contributed by atoms with E-state index in [1.165, 1.54) is 4.88 Å². The zero-order valence-corrected chi connectivity index (χ0v) is 18.9. The fourth-order valence-corrected chi connectivity index (χ4v) is 5.57. The number of aromatic nitrogens is 1. The second kappa shape index (κ2) is 7.51. The summed E-state index contributed by atoms with van der Waals surface area (Å²) in [7, 11) is 0. The minimum atomic E-state index is -0.362. The van der Waals surface area contributed by atoms with Gasteiger partial charge in [0.2, 0.25) is 0 Å². The van der Waals surface area contributed by atoms with Gasteiger partial charge >= 0.3 is 0 Å². The third kappa shape index (κ3) is 3.72. The van der Waals surface area contributed by atoms with Gasteiger partial charge in [-0.05, 0) is 56.4 Å². The number of hydrogen-bond acceptors (Lipinski definition) is 5. The van der Waals surface area contributed by atoms with Crippen molar-refractivity contribution >= 4 is 28.8 Å². The predicted molar refractivity (Wildman–Crippen MR) is 120 cm³/mol. The van der Waals surface area contributed by atoms with E-state index < -0.39 is 0 Å². The van der Waals surface area contributed by atoms with Gasteiger partial charge in [0.05, 0.1) is 0 Å². The van der Waals surface area contributed by atoms with E-state index in [0.29, 0.717) is 17.8 Å². The lowest BCUT2D eigenvalue weighted by Gasteiger charge is -2.39. The van der Waals surface area contributed by atoms with Gasteiger partial charge in [-0.3, -0.25) is 9.59 Å². The van der Waals surface area contributed by atoms with E-state index in [4.69, 9.17) is 0 Å². The zero-order chi connectivity index (χ0) is 21.6. The molecule has 30 heavy (non-hydrogen) atoms. The molecule has 0 saturated carbocycles. The van der Waals surface area contributed by atoms with E-state index in [2.05, 4.69) is 49.4 Å². The third-order valence-corrected chi connectivity index (χ3v) is 6.76. The molecular weight excluding hydrogens is 394 g/mol. The number of nitrogens with one attached hydrogen (secondary N) is 2. The normalized spacial score (nSPS) is 20.7. The van der Waals surface area contributed by atoms with Crippen LogP contribution in [0.4, 0.5) is 5.82 Å². The highest BCUT2D eigenvalue weighted by molar-refractivity contribution is 7.12. The summed E-state index contributed by atoms with van der Waals surface area (Å²) in [6.07, 6.45) is 2.92. The molecule has 1 amide bonds. The van der Waals surface area contributed by atoms with Gasteiger partial charge in [-0.15, -0.1) is 11.3 Å². The molecule has 5 nitrogen and oxygen atoms in total. The Kier molecular flexibility index (Phi) is 5.14. The first-order valence-electron chi connectivity index (χ1n) is 10.2. The van der Waals surface area contributed by atoms with Crippen molar-refractivity contribution in [1.29, 1.82) is 0 Å². The molecule has 1 aliphatic carbocycles. The lowest BCUT2D eigenvalue weighted by molar-refractivity contribution is -0.118. The molecule has 156 valence electrons. The minimum Gasteiger partial charge on any atom is -0.362 e. The molecule has 2 aromatic heterocycles. The number of pyridine rings is 1. The molecule has 1 unspecified atom stereocenters. The molecule has 0 spiro atoms. The Morgan fingerprint density at radius 1 is 1.23 bits per heavy atom. The molecule has 2 aromatic rings. The van der Waals surface area contributed by atoms with Crippen LogP contribution in [-0.4, -0.2) is 16.7 Å². The van der Waals surface area contributed by atoms with E-state index in [1.54, 1.807) is 23.6 Å². The molecule has 6 heteroatoms. The fourth-order valence-electron chi connectivity index (χ4n) is 4.61. The summed E-state index contributed by atoms with van der Waals surface area (Å²) < 4.78 is 0. The number of ketones is 1. The highest BCUT2D eigenvalue weighted by atomic mass is 32.1. The molecule has 0 aromatic carbocycles. The number of dihydropyridines is 1. The second-order valence-electron chi connectivity index (χ2n) is 8.97. The maximum absolute atomic E-state index is 13.4. The summed E-state index contributed by atoms with van der Waals surface area (Å²) >= 11 is 1.70. The van der Waals surface area contributed by atoms with Gasteiger partial charge in [0, 0.05) is 50.8 Å². The topological polar surface area (TPSA) is 71.1 Å². The van der Waals surface area contributed by atoms with Gasteiger partial charge in [0.15, 0.2) is 5.78 Å². The molecule has 1 aliphatic heterocycles. The van der Waals surface area contributed by atoms with Crippen LogP contribution in [0.5, 0.6) is 0 Å². The Hall–Kier alpha value is -2.73. The Labute approximate surface area is 181 Å². The Morgan fingerprint density at radius 2 is 2.00 bits per heavy atom. The largest absolute Gasteiger partial charge is 0.362 e. The van der Waals surface area contributed by atoms with Crippen LogP contribution in [0.2, 0.25) is 0 Å². The summed E-state index contributed by atoms with van der Waals surface area (Å²) in [6, 6.07) is 7.52. The van der Waals surface area contributed by atoms with Gasteiger partial charge < -0.3 is 10.6 Å². The first kappa shape index (κ1) is 20.5. The molecule has 0 saturated heterocycles. The molecule has 0 bridgehead atoms. The van der Waals surface area contributed by atoms with Gasteiger partial charge in [-0.1, -0.05) is 19.9 Å². The molecule has 0 fully saturated rings. The lowest BCUT2D eigenvalue weighted by atomic mass is 9.68. The quantitative estimate of drug-likeness (QED) is 0.731. The van der Waals surface area contributed by atoms with Crippen LogP contribution in [0.1, 0.15) is 54.8 Å². The highest BCUT2D eigenvalue weighted by Gasteiger charge is 2.43. The monoisotopic (exact) mass is 421 g/mol. The summed E-state index contributed by atoms with van der Waals surface area (Å²) in [5.74, 6) is 0.0305. The van der Waals surface area contributed by atoms with Crippen molar-refractivity contribution in [2.24, 2.45) is 5.41 Å². The number of amides is 1. The zero-order valence-electron chi connectivity index (χ0n) is 18.1. The number of thiophene rings is 1. The van der Waals surface area contributed by atoms with Crippen molar-refractivity contribution in [2.75, 3.05) is 5.32 Å². The summed E-state index contributed by atoms with van der Waals surface area (Å²) in [6.45, 7) is 10.3. The fraction of sp³-hybridized carbons (Fsp3) is 0.375. The molecular formula is C24H27N3O2S. The number of hydrogen-bond donors (Lipinski definition) is 2. The van der Waals surface area contributed by atoms with E-state index in [0.717, 1.165) is 33.8 Å². The van der Waals surface area contributed by atoms with Crippen molar-refractivity contribution in [3.8, 4) is 0 Å². The number of carbonyl (C=O) groups excluding carboxylic acids is 2. The minimum absolute atomic E-state index is 0.0962. The first-order valence-corrected chi connectivity index (χ1v) is 11.0. The second-order valence-corrected chi connectivity index (χ2v) is 10.4. The first-order chi connectivity index (χ1) is 14.2. The standard InChI is InChI=1S/C24H27N3O2S/c1-13-10-16(15(3)30-13)21-20(23(29)27-19-8-6-7-9-25-19)14(2)26-17-11-24(4,5)12-18(28)22(17)21/h6-10,21,26H,11-12H2,1-5H3,(H,25,27,29). The number of allylic oxidation sites excluding steroid dienone is 3. The van der Waals surface area contributed by atoms with Crippen molar-refractivity contribution < 1.29 is 9.59 Å². The number of carbonyl (C=O) groups is 2. The Morgan fingerprint density at radius 3 is 2.63 bits per heavy atom. The van der Waals surface area contributed by atoms with E-state index >= 15 is 0 Å². The van der Waals surface area contributed by atoms with Crippen molar-refractivity contribution in [3.05, 3.63) is 68.3 Å². The third-order valence-electron chi connectivity index (χ3n) is 5.78. The smallest absolute Gasteiger partial charge is 0.255 e. The molecule has 0 radical (unpaired) electrons. The van der Waals surface area contributed by atoms with Crippen LogP contribution in [0.15, 0.2) is 53.0 Å². The Balaban J connectivity index is 1.83. The van der Waals surface area contributed by atoms with Gasteiger partial charge in [-0.2, -0.15) is 0 Å². The number of nitrogens with zero attached hydrogens (tertiary/aromatic N) is 1. The lowest BCUT2D eigenvalue weighted by Crippen LogP contribution is -2.39. The SMILES string of the molecule is CC1=C(C(=O)Nc2ccccn2)C(c2cc(C)sc2C)C2=C(CC(C)(C)CC2=O)N1. The van der Waals surface area contributed by atoms with Crippen LogP contribution >= 0.6 is 11.3 Å². The number of aryl methyl sites for hydroxylation is 2. The number of anilines is 1. The van der Waals surface area contributed by atoms with Crippen molar-refractivity contribution in [1.82, 2.24) is 10.3 Å². The van der Waals surface area contributed by atoms with Gasteiger partial charge in [0.1, 0.15) is 5.82 Å². The number of Topliss-reactive ketones (excluding diaryl/α,β-unsaturated/α-hetero) is 1. The molecule has 2 aliphatic rings. The van der Waals surface area contributed by atoms with Gasteiger partial charge in [0.25, 0.3) is 5.91 Å². The summed E-state index contributed by atoms with van der Waals surface area (Å²) in [5.41, 5.74) is 4.03. The van der Waals surface area contributed by atoms with Crippen molar-refractivity contribution in [2.45, 2.75) is 53.4 Å². The van der Waals surface area contributed by atoms with Crippen LogP contribution in [0.3, 0.4) is 0 Å². The highest BCUT2D eigenvalue weighted by Crippen LogP contribution is 2.48. The van der Waals surface area contributed by atoms with Crippen molar-refractivity contribution in [3.63, 3.8) is 0 Å². The average Bonchev–Trinajstić information content (AvgIpc) is 2.98. The Bertz CT molecular complexity index is 1090.